The van der Waals surface area contributed by atoms with Gasteiger partial charge in [-0.25, -0.2) is 0 Å². The van der Waals surface area contributed by atoms with Crippen LogP contribution < -0.4 is 5.32 Å². The summed E-state index contributed by atoms with van der Waals surface area (Å²) in [5.41, 5.74) is 1.96. The average molecular weight is 343 g/mol. The minimum absolute atomic E-state index is 0.0988. The lowest BCUT2D eigenvalue weighted by Crippen LogP contribution is -2.21. The first-order valence-electron chi connectivity index (χ1n) is 6.71. The number of halogens is 1. The molecule has 106 valence electrons. The van der Waals surface area contributed by atoms with Gasteiger partial charge in [-0.05, 0) is 30.2 Å². The molecule has 1 amide bonds. The zero-order chi connectivity index (χ0) is 15.2. The number of hydrogen-bond donors (Lipinski definition) is 1. The summed E-state index contributed by atoms with van der Waals surface area (Å²) in [6, 6.07) is 17.0. The predicted octanol–water partition coefficient (Wildman–Crippen LogP) is 4.45. The van der Waals surface area contributed by atoms with E-state index in [1.165, 1.54) is 0 Å². The Kier molecular flexibility index (Phi) is 5.13. The molecule has 2 rings (SSSR count). The van der Waals surface area contributed by atoms with Gasteiger partial charge < -0.3 is 5.32 Å². The van der Waals surface area contributed by atoms with Crippen LogP contribution in [-0.4, -0.2) is 5.91 Å². The number of carbonyl (C=O) groups excluding carboxylic acids is 1. The van der Waals surface area contributed by atoms with Crippen LogP contribution in [0.5, 0.6) is 0 Å². The summed E-state index contributed by atoms with van der Waals surface area (Å²) in [6.07, 6.45) is 0.700. The first kappa shape index (κ1) is 15.3. The molecule has 2 aromatic carbocycles. The fourth-order valence-corrected chi connectivity index (χ4v) is 2.56. The summed E-state index contributed by atoms with van der Waals surface area (Å²) in [7, 11) is 0. The molecule has 0 aromatic heterocycles. The van der Waals surface area contributed by atoms with Gasteiger partial charge in [0, 0.05) is 4.47 Å². The van der Waals surface area contributed by atoms with Crippen LogP contribution in [-0.2, 0) is 4.79 Å². The van der Waals surface area contributed by atoms with Crippen LogP contribution in [0.3, 0.4) is 0 Å². The number of carbonyl (C=O) groups is 1. The van der Waals surface area contributed by atoms with E-state index >= 15 is 0 Å². The van der Waals surface area contributed by atoms with E-state index in [1.807, 2.05) is 37.3 Å². The van der Waals surface area contributed by atoms with Crippen molar-refractivity contribution in [2.24, 2.45) is 0 Å². The summed E-state index contributed by atoms with van der Waals surface area (Å²) < 4.78 is 0.824. The summed E-state index contributed by atoms with van der Waals surface area (Å²) in [6.45, 7) is 1.98. The second-order valence-corrected chi connectivity index (χ2v) is 5.58. The van der Waals surface area contributed by atoms with E-state index in [9.17, 15) is 4.79 Å². The SMILES string of the molecule is CCC(C(=O)Nc1cc(Br)ccc1C#N)c1ccccc1. The Bertz CT molecular complexity index is 677. The van der Waals surface area contributed by atoms with Crippen molar-refractivity contribution >= 4 is 27.5 Å². The van der Waals surface area contributed by atoms with Gasteiger partial charge in [0.05, 0.1) is 17.2 Å². The molecule has 0 aliphatic rings. The number of amides is 1. The number of benzene rings is 2. The second-order valence-electron chi connectivity index (χ2n) is 4.66. The van der Waals surface area contributed by atoms with E-state index in [0.717, 1.165) is 10.0 Å². The number of anilines is 1. The number of rotatable bonds is 4. The molecule has 0 aliphatic heterocycles. The molecule has 1 atom stereocenters. The highest BCUT2D eigenvalue weighted by Crippen LogP contribution is 2.25. The Balaban J connectivity index is 2.25. The quantitative estimate of drug-likeness (QED) is 0.891. The van der Waals surface area contributed by atoms with Crippen LogP contribution in [0.4, 0.5) is 5.69 Å². The topological polar surface area (TPSA) is 52.9 Å². The van der Waals surface area contributed by atoms with Crippen LogP contribution >= 0.6 is 15.9 Å². The molecular formula is C17H15BrN2O. The summed E-state index contributed by atoms with van der Waals surface area (Å²) in [5, 5.41) is 12.0. The first-order chi connectivity index (χ1) is 10.2. The van der Waals surface area contributed by atoms with Crippen molar-refractivity contribution in [2.45, 2.75) is 19.3 Å². The van der Waals surface area contributed by atoms with Crippen molar-refractivity contribution in [1.82, 2.24) is 0 Å². The standard InChI is InChI=1S/C17H15BrN2O/c1-2-15(12-6-4-3-5-7-12)17(21)20-16-10-14(18)9-8-13(16)11-19/h3-10,15H,2H2,1H3,(H,20,21). The first-order valence-corrected chi connectivity index (χ1v) is 7.50. The van der Waals surface area contributed by atoms with Gasteiger partial charge in [-0.15, -0.1) is 0 Å². The van der Waals surface area contributed by atoms with Crippen LogP contribution in [0, 0.1) is 11.3 Å². The highest BCUT2D eigenvalue weighted by Gasteiger charge is 2.19. The highest BCUT2D eigenvalue weighted by atomic mass is 79.9. The van der Waals surface area contributed by atoms with E-state index in [4.69, 9.17) is 5.26 Å². The Morgan fingerprint density at radius 1 is 1.29 bits per heavy atom. The van der Waals surface area contributed by atoms with E-state index < -0.39 is 0 Å². The minimum atomic E-state index is -0.225. The van der Waals surface area contributed by atoms with Gasteiger partial charge in [-0.3, -0.25) is 4.79 Å². The summed E-state index contributed by atoms with van der Waals surface area (Å²) >= 11 is 3.35. The zero-order valence-corrected chi connectivity index (χ0v) is 13.2. The normalized spacial score (nSPS) is 11.5. The van der Waals surface area contributed by atoms with E-state index in [0.29, 0.717) is 17.7 Å². The van der Waals surface area contributed by atoms with Crippen LogP contribution in [0.25, 0.3) is 0 Å². The van der Waals surface area contributed by atoms with Crippen molar-refractivity contribution in [3.63, 3.8) is 0 Å². The number of nitriles is 1. The van der Waals surface area contributed by atoms with Crippen LogP contribution in [0.15, 0.2) is 53.0 Å². The van der Waals surface area contributed by atoms with E-state index in [1.54, 1.807) is 18.2 Å². The van der Waals surface area contributed by atoms with Crippen molar-refractivity contribution in [2.75, 3.05) is 5.32 Å². The largest absolute Gasteiger partial charge is 0.324 e. The number of nitrogens with one attached hydrogen (secondary N) is 1. The maximum absolute atomic E-state index is 12.5. The van der Waals surface area contributed by atoms with Gasteiger partial charge >= 0.3 is 0 Å². The van der Waals surface area contributed by atoms with Crippen molar-refractivity contribution < 1.29 is 4.79 Å². The highest BCUT2D eigenvalue weighted by molar-refractivity contribution is 9.10. The molecule has 2 aromatic rings. The molecule has 0 saturated heterocycles. The van der Waals surface area contributed by atoms with Gasteiger partial charge in [0.25, 0.3) is 0 Å². The molecule has 0 spiro atoms. The Hall–Kier alpha value is -2.12. The summed E-state index contributed by atoms with van der Waals surface area (Å²) in [4.78, 5) is 12.5. The van der Waals surface area contributed by atoms with Gasteiger partial charge in [-0.2, -0.15) is 5.26 Å². The van der Waals surface area contributed by atoms with Crippen LogP contribution in [0.1, 0.15) is 30.4 Å². The van der Waals surface area contributed by atoms with Crippen molar-refractivity contribution in [3.8, 4) is 6.07 Å². The van der Waals surface area contributed by atoms with Crippen LogP contribution in [0.2, 0.25) is 0 Å². The fourth-order valence-electron chi connectivity index (χ4n) is 2.20. The molecule has 0 fully saturated rings. The number of nitrogens with zero attached hydrogens (tertiary/aromatic N) is 1. The maximum atomic E-state index is 12.5. The molecule has 4 heteroatoms. The molecule has 1 N–H and O–H groups in total. The number of hydrogen-bond acceptors (Lipinski definition) is 2. The van der Waals surface area contributed by atoms with Gasteiger partial charge in [0.1, 0.15) is 6.07 Å². The van der Waals surface area contributed by atoms with E-state index in [2.05, 4.69) is 27.3 Å². The predicted molar refractivity (Wildman–Crippen MR) is 87.0 cm³/mol. The Morgan fingerprint density at radius 3 is 2.62 bits per heavy atom. The lowest BCUT2D eigenvalue weighted by atomic mass is 9.95. The second kappa shape index (κ2) is 7.05. The molecule has 21 heavy (non-hydrogen) atoms. The Morgan fingerprint density at radius 2 is 2.00 bits per heavy atom. The Labute approximate surface area is 132 Å². The average Bonchev–Trinajstić information content (AvgIpc) is 2.49. The van der Waals surface area contributed by atoms with Crippen molar-refractivity contribution in [1.29, 1.82) is 5.26 Å². The molecule has 3 nitrogen and oxygen atoms in total. The molecule has 0 radical (unpaired) electrons. The zero-order valence-electron chi connectivity index (χ0n) is 11.6. The summed E-state index contributed by atoms with van der Waals surface area (Å²) in [5.74, 6) is -0.324. The van der Waals surface area contributed by atoms with Gasteiger partial charge in [0.15, 0.2) is 0 Å². The lowest BCUT2D eigenvalue weighted by Gasteiger charge is -2.16. The third kappa shape index (κ3) is 3.71. The molecule has 0 saturated carbocycles. The molecule has 0 aliphatic carbocycles. The maximum Gasteiger partial charge on any atom is 0.231 e. The van der Waals surface area contributed by atoms with Gasteiger partial charge in [-0.1, -0.05) is 53.2 Å². The molecule has 0 bridgehead atoms. The van der Waals surface area contributed by atoms with Crippen molar-refractivity contribution in [3.05, 3.63) is 64.1 Å². The fraction of sp³-hybridized carbons (Fsp3) is 0.176. The minimum Gasteiger partial charge on any atom is -0.324 e. The monoisotopic (exact) mass is 342 g/mol. The third-order valence-corrected chi connectivity index (χ3v) is 3.78. The van der Waals surface area contributed by atoms with E-state index in [-0.39, 0.29) is 11.8 Å². The molecular weight excluding hydrogens is 328 g/mol. The molecule has 1 unspecified atom stereocenters. The third-order valence-electron chi connectivity index (χ3n) is 3.29. The lowest BCUT2D eigenvalue weighted by molar-refractivity contribution is -0.117. The van der Waals surface area contributed by atoms with Gasteiger partial charge in [0.2, 0.25) is 5.91 Å². The smallest absolute Gasteiger partial charge is 0.231 e. The molecule has 0 heterocycles.